The molecule has 8 atom stereocenters. The Balaban J connectivity index is 1.72. The normalized spacial score (nSPS) is 32.7. The molecule has 0 spiro atoms. The number of primary amides is 1. The number of phenols is 1. The summed E-state index contributed by atoms with van der Waals surface area (Å²) in [7, 11) is 2.91. The molecule has 11 heteroatoms. The van der Waals surface area contributed by atoms with Crippen LogP contribution in [0.2, 0.25) is 0 Å². The van der Waals surface area contributed by atoms with Gasteiger partial charge in [0.25, 0.3) is 0 Å². The van der Waals surface area contributed by atoms with Crippen LogP contribution < -0.4 is 5.73 Å². The number of aromatic hydroxyl groups is 1. The van der Waals surface area contributed by atoms with Crippen LogP contribution >= 0.6 is 0 Å². The van der Waals surface area contributed by atoms with Crippen molar-refractivity contribution in [1.82, 2.24) is 4.90 Å². The van der Waals surface area contributed by atoms with Gasteiger partial charge in [-0.3, -0.25) is 33.7 Å². The van der Waals surface area contributed by atoms with E-state index in [1.807, 2.05) is 0 Å². The van der Waals surface area contributed by atoms with E-state index in [9.17, 15) is 39.0 Å². The van der Waals surface area contributed by atoms with Crippen molar-refractivity contribution in [2.24, 2.45) is 29.4 Å². The number of ether oxygens (including phenoxy) is 1. The average Bonchev–Trinajstić information content (AvgIpc) is 2.90. The fourth-order valence-electron chi connectivity index (χ4n) is 7.02. The number of hydrogen-bond acceptors (Lipinski definition) is 10. The number of amides is 1. The van der Waals surface area contributed by atoms with E-state index in [0.29, 0.717) is 11.1 Å². The smallest absolute Gasteiger partial charge is 0.310 e. The van der Waals surface area contributed by atoms with Gasteiger partial charge in [-0.2, -0.15) is 0 Å². The third kappa shape index (κ3) is 4.10. The maximum atomic E-state index is 14.2. The van der Waals surface area contributed by atoms with Crippen molar-refractivity contribution in [2.75, 3.05) is 14.1 Å². The molecule has 1 amide bonds. The number of fused-ring (bicyclic) bond motifs is 3. The Morgan fingerprint density at radius 3 is 2.27 bits per heavy atom. The molecule has 0 aromatic heterocycles. The molecule has 4 N–H and O–H groups in total. The summed E-state index contributed by atoms with van der Waals surface area (Å²) in [6, 6.07) is 11.6. The Morgan fingerprint density at radius 2 is 1.66 bits per heavy atom. The predicted molar refractivity (Wildman–Crippen MR) is 141 cm³/mol. The Hall–Kier alpha value is -4.22. The van der Waals surface area contributed by atoms with Crippen LogP contribution in [0.4, 0.5) is 0 Å². The lowest BCUT2D eigenvalue weighted by molar-refractivity contribution is -0.205. The van der Waals surface area contributed by atoms with Crippen LogP contribution in [0.5, 0.6) is 5.75 Å². The second-order valence-corrected chi connectivity index (χ2v) is 11.2. The van der Waals surface area contributed by atoms with Gasteiger partial charge in [-0.05, 0) is 37.2 Å². The molecule has 2 aromatic rings. The van der Waals surface area contributed by atoms with Crippen molar-refractivity contribution >= 4 is 35.0 Å². The highest BCUT2D eigenvalue weighted by atomic mass is 16.5. The van der Waals surface area contributed by atoms with E-state index < -0.39 is 82.3 Å². The van der Waals surface area contributed by atoms with Gasteiger partial charge in [0, 0.05) is 5.92 Å². The fraction of sp³-hybridized carbons (Fsp3) is 0.400. The van der Waals surface area contributed by atoms with E-state index in [4.69, 9.17) is 10.5 Å². The molecular formula is C30H30N2O9. The first-order valence-corrected chi connectivity index (χ1v) is 13.2. The highest BCUT2D eigenvalue weighted by Crippen LogP contribution is 2.55. The number of carbonyl (C=O) groups excluding carboxylic acids is 6. The number of benzene rings is 2. The summed E-state index contributed by atoms with van der Waals surface area (Å²) >= 11 is 0. The minimum Gasteiger partial charge on any atom is -0.507 e. The number of likely N-dealkylation sites (N-methyl/N-ethyl adjacent to an activating group) is 1. The first-order valence-electron chi connectivity index (χ1n) is 13.2. The summed E-state index contributed by atoms with van der Waals surface area (Å²) < 4.78 is 5.97. The highest BCUT2D eigenvalue weighted by Gasteiger charge is 2.74. The molecule has 2 saturated carbocycles. The van der Waals surface area contributed by atoms with Gasteiger partial charge in [-0.15, -0.1) is 0 Å². The predicted octanol–water partition coefficient (Wildman–Crippen LogP) is 0.192. The lowest BCUT2D eigenvalue weighted by Gasteiger charge is -2.56. The molecule has 41 heavy (non-hydrogen) atoms. The average molecular weight is 563 g/mol. The van der Waals surface area contributed by atoms with E-state index in [-0.39, 0.29) is 17.7 Å². The molecule has 0 heterocycles. The molecule has 2 unspecified atom stereocenters. The van der Waals surface area contributed by atoms with E-state index >= 15 is 0 Å². The van der Waals surface area contributed by atoms with Gasteiger partial charge in [0.15, 0.2) is 34.7 Å². The van der Waals surface area contributed by atoms with Crippen LogP contribution in [-0.4, -0.2) is 82.0 Å². The zero-order valence-corrected chi connectivity index (χ0v) is 22.6. The Labute approximate surface area is 235 Å². The van der Waals surface area contributed by atoms with Crippen molar-refractivity contribution in [1.29, 1.82) is 0 Å². The van der Waals surface area contributed by atoms with Crippen LogP contribution in [0.25, 0.3) is 0 Å². The molecule has 0 bridgehead atoms. The molecule has 3 aliphatic carbocycles. The van der Waals surface area contributed by atoms with E-state index in [1.165, 1.54) is 31.1 Å². The second kappa shape index (κ2) is 10.0. The van der Waals surface area contributed by atoms with Gasteiger partial charge in [-0.25, -0.2) is 0 Å². The number of aliphatic hydroxyl groups is 1. The molecule has 2 aromatic carbocycles. The zero-order valence-electron chi connectivity index (χ0n) is 22.6. The summed E-state index contributed by atoms with van der Waals surface area (Å²) in [4.78, 5) is 82.3. The van der Waals surface area contributed by atoms with Gasteiger partial charge in [0.05, 0.1) is 29.9 Å². The maximum absolute atomic E-state index is 14.2. The van der Waals surface area contributed by atoms with Gasteiger partial charge in [0.1, 0.15) is 11.9 Å². The van der Waals surface area contributed by atoms with Gasteiger partial charge in [0.2, 0.25) is 5.91 Å². The Kier molecular flexibility index (Phi) is 6.91. The number of hydrogen-bond donors (Lipinski definition) is 3. The van der Waals surface area contributed by atoms with Crippen molar-refractivity contribution in [3.8, 4) is 5.75 Å². The molecule has 5 rings (SSSR count). The van der Waals surface area contributed by atoms with E-state index in [1.54, 1.807) is 43.3 Å². The van der Waals surface area contributed by atoms with Crippen LogP contribution in [0.15, 0.2) is 48.5 Å². The number of esters is 1. The van der Waals surface area contributed by atoms with Crippen LogP contribution in [0.1, 0.15) is 34.3 Å². The fourth-order valence-corrected chi connectivity index (χ4v) is 7.02. The quantitative estimate of drug-likeness (QED) is 0.336. The molecule has 3 aliphatic rings. The van der Waals surface area contributed by atoms with Crippen molar-refractivity contribution < 1.29 is 43.7 Å². The molecule has 0 aliphatic heterocycles. The third-order valence-corrected chi connectivity index (χ3v) is 8.78. The SMILES string of the molecule is C[C@H]1c2cccc(O)c2C(=O)C2C(=O)[C@]3(O)C(=O)C(C(N)=O)C(=O)[C@@H](N(C)C)[C@@H]3[C@@H](OC(=O)Cc3ccccc3)[C@@H]21. The molecule has 11 nitrogen and oxygen atoms in total. The lowest BCUT2D eigenvalue weighted by Crippen LogP contribution is -2.78. The van der Waals surface area contributed by atoms with Crippen molar-refractivity contribution in [3.05, 3.63) is 65.2 Å². The van der Waals surface area contributed by atoms with E-state index in [0.717, 1.165) is 0 Å². The first-order chi connectivity index (χ1) is 19.3. The lowest BCUT2D eigenvalue weighted by atomic mass is 9.49. The minimum absolute atomic E-state index is 0.138. The van der Waals surface area contributed by atoms with Gasteiger partial charge < -0.3 is 20.7 Å². The summed E-state index contributed by atoms with van der Waals surface area (Å²) in [5, 5.41) is 22.6. The number of Topliss-reactive ketones (excluding diaryl/α,β-unsaturated/α-hetero) is 4. The largest absolute Gasteiger partial charge is 0.507 e. The molecular weight excluding hydrogens is 532 g/mol. The monoisotopic (exact) mass is 562 g/mol. The zero-order chi connectivity index (χ0) is 30.0. The van der Waals surface area contributed by atoms with Gasteiger partial charge in [-0.1, -0.05) is 49.4 Å². The van der Waals surface area contributed by atoms with Crippen LogP contribution in [0, 0.1) is 23.7 Å². The van der Waals surface area contributed by atoms with Gasteiger partial charge >= 0.3 is 5.97 Å². The molecule has 0 saturated heterocycles. The summed E-state index contributed by atoms with van der Waals surface area (Å²) in [5.74, 6) is -14.3. The molecule has 2 fully saturated rings. The number of rotatable bonds is 5. The maximum Gasteiger partial charge on any atom is 0.310 e. The number of carbonyl (C=O) groups is 6. The number of nitrogens with two attached hydrogens (primary N) is 1. The number of phenolic OH excluding ortho intramolecular Hbond substituents is 1. The standard InChI is InChI=1S/C30H30N2O9/c1-13-15-10-7-11-16(33)19(15)24(35)20-18(13)26(41-17(34)12-14-8-5-4-6-9-14)22-23(32(2)3)25(36)21(29(31)39)28(38)30(22,40)27(20)37/h4-11,13,18,20-23,26,33,40H,12H2,1-3H3,(H2,31,39)/t13-,18+,20?,21?,22+,23-,26-,30-/m0/s1. The van der Waals surface area contributed by atoms with Crippen molar-refractivity contribution in [3.63, 3.8) is 0 Å². The molecule has 0 radical (unpaired) electrons. The number of ketones is 4. The van der Waals surface area contributed by atoms with Crippen LogP contribution in [-0.2, 0) is 35.1 Å². The summed E-state index contributed by atoms with van der Waals surface area (Å²) in [6.45, 7) is 1.68. The van der Waals surface area contributed by atoms with Crippen molar-refractivity contribution in [2.45, 2.75) is 37.0 Å². The summed E-state index contributed by atoms with van der Waals surface area (Å²) in [5.41, 5.74) is 3.20. The number of nitrogens with zero attached hydrogens (tertiary/aromatic N) is 1. The molecule has 214 valence electrons. The first kappa shape index (κ1) is 28.3. The second-order valence-electron chi connectivity index (χ2n) is 11.2. The third-order valence-electron chi connectivity index (χ3n) is 8.78. The summed E-state index contributed by atoms with van der Waals surface area (Å²) in [6.07, 6.45) is -1.69. The Morgan fingerprint density at radius 1 is 1.00 bits per heavy atom. The highest BCUT2D eigenvalue weighted by molar-refractivity contribution is 6.32. The topological polar surface area (TPSA) is 181 Å². The minimum atomic E-state index is -3.06. The van der Waals surface area contributed by atoms with Crippen LogP contribution in [0.3, 0.4) is 0 Å². The van der Waals surface area contributed by atoms with E-state index in [2.05, 4.69) is 0 Å². The Bertz CT molecular complexity index is 1490.